The lowest BCUT2D eigenvalue weighted by molar-refractivity contribution is -0.0482. The molecule has 0 spiro atoms. The zero-order chi connectivity index (χ0) is 38.3. The van der Waals surface area contributed by atoms with Gasteiger partial charge in [0.05, 0.1) is 12.9 Å². The number of aromatic amines is 1. The molecule has 0 saturated carbocycles. The molecule has 3 heterocycles. The van der Waals surface area contributed by atoms with Crippen molar-refractivity contribution in [3.8, 4) is 0 Å². The molecule has 4 aromatic carbocycles. The van der Waals surface area contributed by atoms with Gasteiger partial charge in [0.15, 0.2) is 17.4 Å². The summed E-state index contributed by atoms with van der Waals surface area (Å²) in [5.41, 5.74) is 5.83. The van der Waals surface area contributed by atoms with Crippen molar-refractivity contribution in [2.24, 2.45) is 0 Å². The number of hydrogen-bond acceptors (Lipinski definition) is 8. The predicted octanol–water partition coefficient (Wildman–Crippen LogP) is 4.48. The minimum absolute atomic E-state index is 0.0617. The van der Waals surface area contributed by atoms with Crippen molar-refractivity contribution in [1.82, 2.24) is 19.5 Å². The fourth-order valence-corrected chi connectivity index (χ4v) is 17.5. The second kappa shape index (κ2) is 14.5. The Morgan fingerprint density at radius 2 is 1.20 bits per heavy atom. The van der Waals surface area contributed by atoms with Gasteiger partial charge in [0.2, 0.25) is 5.95 Å². The number of nitrogens with two attached hydrogens (primary N) is 1. The summed E-state index contributed by atoms with van der Waals surface area (Å²) in [6.45, 7) is 13.4. The summed E-state index contributed by atoms with van der Waals surface area (Å²) in [5.74, 6) is -0.0617. The van der Waals surface area contributed by atoms with E-state index in [1.54, 1.807) is 4.57 Å². The van der Waals surface area contributed by atoms with Crippen molar-refractivity contribution in [2.45, 2.75) is 76.2 Å². The Labute approximate surface area is 318 Å². The third-order valence-corrected chi connectivity index (χ3v) is 20.7. The molecule has 0 unspecified atom stereocenters. The first kappa shape index (κ1) is 37.6. The summed E-state index contributed by atoms with van der Waals surface area (Å²) in [4.78, 5) is 24.1. The lowest BCUT2D eigenvalue weighted by atomic mass is 10.1. The van der Waals surface area contributed by atoms with E-state index >= 15 is 0 Å². The first-order chi connectivity index (χ1) is 25.8. The van der Waals surface area contributed by atoms with Crippen LogP contribution in [0.4, 0.5) is 5.95 Å². The molecule has 0 aliphatic carbocycles. The number of ether oxygens (including phenoxy) is 1. The van der Waals surface area contributed by atoms with Crippen molar-refractivity contribution in [3.05, 3.63) is 138 Å². The van der Waals surface area contributed by atoms with Crippen LogP contribution < -0.4 is 32.0 Å². The van der Waals surface area contributed by atoms with E-state index in [4.69, 9.17) is 19.3 Å². The molecule has 1 aliphatic rings. The van der Waals surface area contributed by atoms with E-state index in [-0.39, 0.29) is 33.8 Å². The number of nitrogens with zero attached hydrogens (tertiary/aromatic N) is 3. The second-order valence-corrected chi connectivity index (χ2v) is 24.6. The van der Waals surface area contributed by atoms with E-state index < -0.39 is 46.7 Å². The van der Waals surface area contributed by atoms with Gasteiger partial charge in [0.25, 0.3) is 22.2 Å². The fourth-order valence-electron chi connectivity index (χ4n) is 8.22. The number of anilines is 1. The molecule has 280 valence electrons. The number of aromatic nitrogens is 4. The standard InChI is InChI=1S/C42H49N5O5Si2/c1-41(2,3)53(29-19-11-7-12-20-29,30-21-13-8-14-22-30)50-27-33-36(35(48)39(51-33)47-28-44-34-37(47)45-40(43)46-38(34)49)52-54(42(4,5)6,31-23-15-9-16-24-31)32-25-17-10-18-26-32/h7-26,28,33,35-36,39,48H,27H2,1-6H3,(H3,43,45,46,49)/t33-,35-,36-,39-/m1/s1. The Kier molecular flexibility index (Phi) is 10.1. The maximum atomic E-state index is 12.8. The smallest absolute Gasteiger partial charge is 0.280 e. The number of imidazole rings is 1. The van der Waals surface area contributed by atoms with Gasteiger partial charge in [-0.15, -0.1) is 0 Å². The fraction of sp³-hybridized carbons (Fsp3) is 0.310. The van der Waals surface area contributed by atoms with Crippen LogP contribution in [0.25, 0.3) is 11.2 Å². The number of hydrogen-bond donors (Lipinski definition) is 3. The van der Waals surface area contributed by atoms with Gasteiger partial charge in [-0.25, -0.2) is 4.98 Å². The van der Waals surface area contributed by atoms with Crippen molar-refractivity contribution in [1.29, 1.82) is 0 Å². The van der Waals surface area contributed by atoms with Crippen molar-refractivity contribution in [2.75, 3.05) is 12.3 Å². The number of H-pyrrole nitrogens is 1. The van der Waals surface area contributed by atoms with E-state index in [1.807, 2.05) is 48.5 Å². The van der Waals surface area contributed by atoms with Crippen molar-refractivity contribution < 1.29 is 18.7 Å². The third kappa shape index (κ3) is 6.46. The van der Waals surface area contributed by atoms with E-state index in [2.05, 4.69) is 129 Å². The number of benzene rings is 4. The topological polar surface area (TPSA) is 138 Å². The molecule has 0 bridgehead atoms. The summed E-state index contributed by atoms with van der Waals surface area (Å²) in [5, 5.41) is 16.3. The van der Waals surface area contributed by atoms with Crippen LogP contribution in [0.1, 0.15) is 47.8 Å². The van der Waals surface area contributed by atoms with Crippen LogP contribution in [0.5, 0.6) is 0 Å². The lowest BCUT2D eigenvalue weighted by Crippen LogP contribution is -2.69. The number of rotatable bonds is 10. The van der Waals surface area contributed by atoms with Crippen molar-refractivity contribution >= 4 is 54.5 Å². The first-order valence-electron chi connectivity index (χ1n) is 18.4. The number of fused-ring (bicyclic) bond motifs is 1. The van der Waals surface area contributed by atoms with E-state index in [0.717, 1.165) is 20.7 Å². The number of nitrogens with one attached hydrogen (secondary N) is 1. The summed E-state index contributed by atoms with van der Waals surface area (Å²) in [6, 6.07) is 41.5. The Hall–Kier alpha value is -4.70. The van der Waals surface area contributed by atoms with E-state index in [1.165, 1.54) is 6.33 Å². The Morgan fingerprint density at radius 1 is 0.759 bits per heavy atom. The monoisotopic (exact) mass is 759 g/mol. The molecule has 7 rings (SSSR count). The lowest BCUT2D eigenvalue weighted by Gasteiger charge is -2.46. The maximum Gasteiger partial charge on any atom is 0.280 e. The summed E-state index contributed by atoms with van der Waals surface area (Å²) in [6.07, 6.45) is -2.37. The van der Waals surface area contributed by atoms with Crippen LogP contribution in [-0.4, -0.2) is 66.2 Å². The van der Waals surface area contributed by atoms with Gasteiger partial charge in [0, 0.05) is 0 Å². The molecule has 4 N–H and O–H groups in total. The molecular formula is C42H49N5O5Si2. The maximum absolute atomic E-state index is 12.8. The highest BCUT2D eigenvalue weighted by Crippen LogP contribution is 2.43. The van der Waals surface area contributed by atoms with Gasteiger partial charge in [0.1, 0.15) is 18.3 Å². The van der Waals surface area contributed by atoms with Crippen LogP contribution >= 0.6 is 0 Å². The molecule has 4 atom stereocenters. The van der Waals surface area contributed by atoms with Gasteiger partial charge in [-0.3, -0.25) is 14.3 Å². The van der Waals surface area contributed by atoms with Crippen LogP contribution in [-0.2, 0) is 13.6 Å². The Balaban J connectivity index is 1.39. The molecule has 54 heavy (non-hydrogen) atoms. The second-order valence-electron chi connectivity index (χ2n) is 16.1. The highest BCUT2D eigenvalue weighted by Gasteiger charge is 2.58. The molecule has 10 nitrogen and oxygen atoms in total. The zero-order valence-electron chi connectivity index (χ0n) is 31.6. The SMILES string of the molecule is CC(C)(C)[Si](OC[C@H]1O[C@@H](n2cnc3c(=O)[nH]c(N)nc32)[C@H](O)[C@@H]1O[Si](c1ccccc1)(c1ccccc1)C(C)(C)C)(c1ccccc1)c1ccccc1. The van der Waals surface area contributed by atoms with Crippen LogP contribution in [0.2, 0.25) is 10.1 Å². The zero-order valence-corrected chi connectivity index (χ0v) is 33.6. The first-order valence-corrected chi connectivity index (χ1v) is 22.2. The average molecular weight is 760 g/mol. The number of nitrogen functional groups attached to an aromatic ring is 1. The molecule has 1 fully saturated rings. The molecule has 0 radical (unpaired) electrons. The van der Waals surface area contributed by atoms with Crippen molar-refractivity contribution in [3.63, 3.8) is 0 Å². The highest BCUT2D eigenvalue weighted by atomic mass is 28.4. The molecular weight excluding hydrogens is 711 g/mol. The van der Waals surface area contributed by atoms with Crippen LogP contribution in [0.3, 0.4) is 0 Å². The predicted molar refractivity (Wildman–Crippen MR) is 219 cm³/mol. The van der Waals surface area contributed by atoms with Gasteiger partial charge in [-0.2, -0.15) is 4.98 Å². The summed E-state index contributed by atoms with van der Waals surface area (Å²) >= 11 is 0. The van der Waals surface area contributed by atoms with Gasteiger partial charge in [-0.1, -0.05) is 163 Å². The average Bonchev–Trinajstić information content (AvgIpc) is 3.71. The molecule has 1 saturated heterocycles. The van der Waals surface area contributed by atoms with Crippen LogP contribution in [0.15, 0.2) is 132 Å². The highest BCUT2D eigenvalue weighted by molar-refractivity contribution is 7.00. The molecule has 1 aliphatic heterocycles. The van der Waals surface area contributed by atoms with Gasteiger partial charge in [-0.05, 0) is 30.8 Å². The Morgan fingerprint density at radius 3 is 1.65 bits per heavy atom. The minimum atomic E-state index is -3.22. The quantitative estimate of drug-likeness (QED) is 0.174. The van der Waals surface area contributed by atoms with E-state index in [0.29, 0.717) is 0 Å². The number of aliphatic hydroxyl groups is 1. The summed E-state index contributed by atoms with van der Waals surface area (Å²) in [7, 11) is -6.26. The molecule has 2 aromatic heterocycles. The molecule has 0 amide bonds. The molecule has 6 aromatic rings. The third-order valence-electron chi connectivity index (χ3n) is 10.6. The number of aliphatic hydroxyl groups excluding tert-OH is 1. The van der Waals surface area contributed by atoms with E-state index in [9.17, 15) is 9.90 Å². The Bertz CT molecular complexity index is 2160. The van der Waals surface area contributed by atoms with Gasteiger partial charge >= 0.3 is 0 Å². The van der Waals surface area contributed by atoms with Crippen LogP contribution in [0, 0.1) is 0 Å². The van der Waals surface area contributed by atoms with Gasteiger partial charge < -0.3 is 24.4 Å². The largest absolute Gasteiger partial charge is 0.405 e. The minimum Gasteiger partial charge on any atom is -0.405 e. The summed E-state index contributed by atoms with van der Waals surface area (Å²) < 4.78 is 23.6. The molecule has 12 heteroatoms. The normalized spacial score (nSPS) is 19.7.